The molecule has 0 radical (unpaired) electrons. The van der Waals surface area contributed by atoms with Crippen LogP contribution in [0.15, 0.2) is 18.3 Å². The third kappa shape index (κ3) is 2.49. The van der Waals surface area contributed by atoms with Crippen LogP contribution in [0.5, 0.6) is 0 Å². The average molecular weight is 286 g/mol. The summed E-state index contributed by atoms with van der Waals surface area (Å²) in [6.07, 6.45) is 5.54. The van der Waals surface area contributed by atoms with E-state index < -0.39 is 0 Å². The molecule has 1 saturated heterocycles. The van der Waals surface area contributed by atoms with Gasteiger partial charge in [0.1, 0.15) is 5.82 Å². The van der Waals surface area contributed by atoms with Crippen LogP contribution in [0, 0.1) is 5.92 Å². The minimum atomic E-state index is 0.383. The van der Waals surface area contributed by atoms with Gasteiger partial charge in [-0.2, -0.15) is 9.61 Å². The Bertz CT molecular complexity index is 647. The molecular weight excluding hydrogens is 264 g/mol. The second kappa shape index (κ2) is 4.96. The monoisotopic (exact) mass is 286 g/mol. The van der Waals surface area contributed by atoms with Crippen molar-refractivity contribution in [2.45, 2.75) is 38.1 Å². The van der Waals surface area contributed by atoms with Gasteiger partial charge in [0.2, 0.25) is 0 Å². The summed E-state index contributed by atoms with van der Waals surface area (Å²) in [6, 6.07) is 4.52. The van der Waals surface area contributed by atoms with E-state index in [0.717, 1.165) is 36.9 Å². The van der Waals surface area contributed by atoms with E-state index in [4.69, 9.17) is 10.8 Å². The molecule has 0 spiro atoms. The number of rotatable bonds is 4. The Morgan fingerprint density at radius 2 is 2.24 bits per heavy atom. The van der Waals surface area contributed by atoms with Gasteiger partial charge < -0.3 is 5.32 Å². The lowest BCUT2D eigenvalue weighted by atomic mass is 10.0. The Balaban J connectivity index is 1.66. The summed E-state index contributed by atoms with van der Waals surface area (Å²) in [6.45, 7) is 4.10. The number of nitrogens with zero attached hydrogens (tertiary/aromatic N) is 4. The van der Waals surface area contributed by atoms with Crippen molar-refractivity contribution in [1.29, 1.82) is 0 Å². The summed E-state index contributed by atoms with van der Waals surface area (Å²) in [5, 5.41) is 9.85. The van der Waals surface area contributed by atoms with E-state index >= 15 is 0 Å². The lowest BCUT2D eigenvalue weighted by molar-refractivity contribution is 0.352. The highest BCUT2D eigenvalue weighted by atomic mass is 15.4. The summed E-state index contributed by atoms with van der Waals surface area (Å²) in [5.74, 6) is 8.23. The number of fused-ring (bicyclic) bond motifs is 1. The highest BCUT2D eigenvalue weighted by Crippen LogP contribution is 2.42. The minimum Gasteiger partial charge on any atom is -0.366 e. The smallest absolute Gasteiger partial charge is 0.157 e. The molecule has 2 unspecified atom stereocenters. The molecule has 6 nitrogen and oxygen atoms in total. The molecule has 0 aromatic carbocycles. The molecule has 1 aliphatic carbocycles. The third-order valence-electron chi connectivity index (χ3n) is 4.75. The van der Waals surface area contributed by atoms with Crippen molar-refractivity contribution in [2.24, 2.45) is 11.8 Å². The second-order valence-electron chi connectivity index (χ2n) is 6.42. The van der Waals surface area contributed by atoms with Crippen molar-refractivity contribution < 1.29 is 0 Å². The lowest BCUT2D eigenvalue weighted by Crippen LogP contribution is -2.31. The van der Waals surface area contributed by atoms with Crippen molar-refractivity contribution in [1.82, 2.24) is 19.6 Å². The van der Waals surface area contributed by atoms with Gasteiger partial charge in [-0.3, -0.25) is 5.84 Å². The largest absolute Gasteiger partial charge is 0.366 e. The Morgan fingerprint density at radius 1 is 1.38 bits per heavy atom. The number of nitrogens with two attached hydrogens (primary N) is 1. The first-order chi connectivity index (χ1) is 10.2. The van der Waals surface area contributed by atoms with Gasteiger partial charge in [0.25, 0.3) is 0 Å². The van der Waals surface area contributed by atoms with E-state index in [1.165, 1.54) is 18.5 Å². The summed E-state index contributed by atoms with van der Waals surface area (Å²) >= 11 is 0. The first-order valence-electron chi connectivity index (χ1n) is 7.81. The molecule has 0 bridgehead atoms. The van der Waals surface area contributed by atoms with Crippen molar-refractivity contribution in [3.05, 3.63) is 24.0 Å². The molecule has 6 heteroatoms. The van der Waals surface area contributed by atoms with Gasteiger partial charge in [0.05, 0.1) is 6.20 Å². The molecule has 3 N–H and O–H groups in total. The Hall–Kier alpha value is -1.66. The van der Waals surface area contributed by atoms with Crippen LogP contribution in [0.2, 0.25) is 0 Å². The van der Waals surface area contributed by atoms with Gasteiger partial charge >= 0.3 is 0 Å². The predicted octanol–water partition coefficient (Wildman–Crippen LogP) is 1.60. The second-order valence-corrected chi connectivity index (χ2v) is 6.42. The van der Waals surface area contributed by atoms with E-state index in [0.29, 0.717) is 12.0 Å². The fourth-order valence-corrected chi connectivity index (χ4v) is 3.22. The molecule has 4 rings (SSSR count). The highest BCUT2D eigenvalue weighted by molar-refractivity contribution is 5.50. The number of nitrogens with one attached hydrogen (secondary N) is 1. The van der Waals surface area contributed by atoms with Crippen molar-refractivity contribution >= 4 is 11.5 Å². The van der Waals surface area contributed by atoms with E-state index in [2.05, 4.69) is 23.4 Å². The number of hydrazine groups is 1. The zero-order chi connectivity index (χ0) is 14.4. The lowest BCUT2D eigenvalue weighted by Gasteiger charge is -2.17. The van der Waals surface area contributed by atoms with Crippen molar-refractivity contribution in [2.75, 3.05) is 18.4 Å². The number of hydrogen-bond donors (Lipinski definition) is 2. The average Bonchev–Trinajstić information content (AvgIpc) is 3.07. The van der Waals surface area contributed by atoms with Crippen LogP contribution < -0.4 is 11.2 Å². The Labute approximate surface area is 124 Å². The van der Waals surface area contributed by atoms with Gasteiger partial charge in [-0.05, 0) is 25.2 Å². The quantitative estimate of drug-likeness (QED) is 0.835. The maximum Gasteiger partial charge on any atom is 0.157 e. The highest BCUT2D eigenvalue weighted by Gasteiger charge is 2.30. The molecule has 2 aromatic heterocycles. The van der Waals surface area contributed by atoms with Gasteiger partial charge in [0.15, 0.2) is 5.65 Å². The van der Waals surface area contributed by atoms with E-state index in [-0.39, 0.29) is 0 Å². The zero-order valence-electron chi connectivity index (χ0n) is 12.4. The van der Waals surface area contributed by atoms with Crippen molar-refractivity contribution in [3.8, 4) is 0 Å². The zero-order valence-corrected chi connectivity index (χ0v) is 12.4. The summed E-state index contributed by atoms with van der Waals surface area (Å²) in [5.41, 5.74) is 2.10. The van der Waals surface area contributed by atoms with Crippen molar-refractivity contribution in [3.63, 3.8) is 0 Å². The van der Waals surface area contributed by atoms with E-state index in [1.807, 2.05) is 21.8 Å². The standard InChI is InChI=1S/C15H22N6/c1-10(11-2-3-11)13-8-15(18-12-5-7-20(16)9-12)21-14(19-13)4-6-17-21/h4,6,8,10-12,18H,2-3,5,7,9,16H2,1H3. The van der Waals surface area contributed by atoms with Gasteiger partial charge in [-0.25, -0.2) is 9.99 Å². The number of aromatic nitrogens is 3. The molecule has 2 aliphatic rings. The van der Waals surface area contributed by atoms with Crippen LogP contribution in [0.1, 0.15) is 37.8 Å². The molecule has 3 heterocycles. The molecule has 2 fully saturated rings. The fourth-order valence-electron chi connectivity index (χ4n) is 3.22. The topological polar surface area (TPSA) is 71.5 Å². The predicted molar refractivity (Wildman–Crippen MR) is 81.9 cm³/mol. The minimum absolute atomic E-state index is 0.383. The van der Waals surface area contributed by atoms with Crippen LogP contribution in [-0.4, -0.2) is 38.7 Å². The fraction of sp³-hybridized carbons (Fsp3) is 0.600. The van der Waals surface area contributed by atoms with Gasteiger partial charge in [-0.1, -0.05) is 6.92 Å². The number of hydrogen-bond acceptors (Lipinski definition) is 5. The van der Waals surface area contributed by atoms with Crippen LogP contribution in [0.25, 0.3) is 5.65 Å². The Kier molecular flexibility index (Phi) is 3.08. The molecule has 21 heavy (non-hydrogen) atoms. The molecule has 2 atom stereocenters. The van der Waals surface area contributed by atoms with E-state index in [1.54, 1.807) is 0 Å². The first kappa shape index (κ1) is 13.0. The molecule has 2 aromatic rings. The third-order valence-corrected chi connectivity index (χ3v) is 4.75. The maximum absolute atomic E-state index is 5.86. The van der Waals surface area contributed by atoms with Crippen LogP contribution in [0.4, 0.5) is 5.82 Å². The SMILES string of the molecule is CC(c1cc(NC2CCN(N)C2)n2nccc2n1)C1CC1. The summed E-state index contributed by atoms with van der Waals surface area (Å²) in [7, 11) is 0. The molecule has 0 amide bonds. The molecule has 1 aliphatic heterocycles. The Morgan fingerprint density at radius 3 is 2.95 bits per heavy atom. The molecule has 1 saturated carbocycles. The summed E-state index contributed by atoms with van der Waals surface area (Å²) in [4.78, 5) is 4.77. The van der Waals surface area contributed by atoms with E-state index in [9.17, 15) is 0 Å². The van der Waals surface area contributed by atoms with Gasteiger partial charge in [0, 0.05) is 42.9 Å². The summed E-state index contributed by atoms with van der Waals surface area (Å²) < 4.78 is 1.89. The maximum atomic E-state index is 5.86. The van der Waals surface area contributed by atoms with Crippen LogP contribution in [0.3, 0.4) is 0 Å². The first-order valence-corrected chi connectivity index (χ1v) is 7.81. The number of anilines is 1. The molecular formula is C15H22N6. The van der Waals surface area contributed by atoms with Crippen LogP contribution in [-0.2, 0) is 0 Å². The molecule has 112 valence electrons. The van der Waals surface area contributed by atoms with Gasteiger partial charge in [-0.15, -0.1) is 0 Å². The normalized spacial score (nSPS) is 24.6. The van der Waals surface area contributed by atoms with Crippen LogP contribution >= 0.6 is 0 Å².